The van der Waals surface area contributed by atoms with E-state index in [1.165, 1.54) is 14.2 Å². The molecule has 0 aromatic heterocycles. The van der Waals surface area contributed by atoms with Crippen LogP contribution in [0, 0.1) is 11.8 Å². The van der Waals surface area contributed by atoms with Gasteiger partial charge < -0.3 is 48.1 Å². The minimum Gasteiger partial charge on any atom is -0.457 e. The van der Waals surface area contributed by atoms with E-state index < -0.39 is 72.1 Å². The number of carbonyl (C=O) groups is 4. The molecule has 0 aliphatic heterocycles. The fourth-order valence-corrected chi connectivity index (χ4v) is 5.20. The van der Waals surface area contributed by atoms with Gasteiger partial charge in [0.15, 0.2) is 11.2 Å². The first-order chi connectivity index (χ1) is 22.4. The largest absolute Gasteiger partial charge is 0.508 e. The summed E-state index contributed by atoms with van der Waals surface area (Å²) >= 11 is 0. The van der Waals surface area contributed by atoms with E-state index in [9.17, 15) is 29.4 Å². The number of ether oxygens (including phenoxy) is 8. The summed E-state index contributed by atoms with van der Waals surface area (Å²) in [5.41, 5.74) is -2.46. The van der Waals surface area contributed by atoms with Crippen molar-refractivity contribution in [3.05, 3.63) is 25.3 Å². The summed E-state index contributed by atoms with van der Waals surface area (Å²) < 4.78 is 40.4. The summed E-state index contributed by atoms with van der Waals surface area (Å²) in [6.07, 6.45) is 2.36. The molecule has 0 aromatic rings. The monoisotopic (exact) mass is 866 g/mol. The van der Waals surface area contributed by atoms with Gasteiger partial charge in [0.2, 0.25) is 0 Å². The number of hydrogen-bond acceptors (Lipinski definition) is 14. The zero-order chi connectivity index (χ0) is 36.7. The second-order valence-corrected chi connectivity index (χ2v) is 13.0. The van der Waals surface area contributed by atoms with Crippen molar-refractivity contribution in [1.82, 2.24) is 0 Å². The van der Waals surface area contributed by atoms with Crippen LogP contribution in [0.5, 0.6) is 0 Å². The Kier molecular flexibility index (Phi) is 25.7. The van der Waals surface area contributed by atoms with Crippen molar-refractivity contribution in [2.45, 2.75) is 128 Å². The first kappa shape index (κ1) is 51.1. The van der Waals surface area contributed by atoms with E-state index in [4.69, 9.17) is 28.4 Å². The van der Waals surface area contributed by atoms with Crippen LogP contribution in [0.1, 0.15) is 80.1 Å². The smallest absolute Gasteiger partial charge is 0.457 e. The van der Waals surface area contributed by atoms with Crippen molar-refractivity contribution < 1.29 is 133 Å². The van der Waals surface area contributed by atoms with Gasteiger partial charge in [-0.15, -0.1) is 13.2 Å². The Morgan fingerprint density at radius 2 is 1.08 bits per heavy atom. The van der Waals surface area contributed by atoms with Crippen molar-refractivity contribution in [2.75, 3.05) is 27.4 Å². The molecule has 2 rings (SSSR count). The molecule has 14 nitrogen and oxygen atoms in total. The van der Waals surface area contributed by atoms with Crippen LogP contribution in [0.4, 0.5) is 9.59 Å². The van der Waals surface area contributed by atoms with Crippen molar-refractivity contribution in [1.29, 1.82) is 0 Å². The molecular formula is C34H56O14Y2. The van der Waals surface area contributed by atoms with Gasteiger partial charge in [0.25, 0.3) is 0 Å². The number of esters is 2. The molecule has 0 bridgehead atoms. The van der Waals surface area contributed by atoms with Gasteiger partial charge >= 0.3 is 24.2 Å². The molecule has 0 spiro atoms. The second-order valence-electron chi connectivity index (χ2n) is 13.0. The Morgan fingerprint density at radius 1 is 0.680 bits per heavy atom. The zero-order valence-corrected chi connectivity index (χ0v) is 36.5. The Morgan fingerprint density at radius 3 is 1.48 bits per heavy atom. The molecule has 0 saturated heterocycles. The molecule has 0 heterocycles. The van der Waals surface area contributed by atoms with Crippen LogP contribution >= 0.6 is 0 Å². The normalized spacial score (nSPS) is 24.4. The number of allylic oxidation sites excluding steroid dienone is 2. The topological polar surface area (TPSA) is 183 Å². The molecule has 2 N–H and O–H groups in total. The molecule has 2 radical (unpaired) electrons. The summed E-state index contributed by atoms with van der Waals surface area (Å²) in [4.78, 5) is 46.6. The standard InChI is InChI=1S/2C17H28O7.2Y/c1-6-12-7-8-14(13(18)9-12)23-15(19)17(3,4)24-11(2)10-22-16(20)21-5;1-6-12-7-8-13(18)14(9-12)23-15(19)17(3,4)24-11(2)10-22-16(20)21-5;;/h2*6,11-14,18H,1,7-10H2,2-5H3;;. The first-order valence-electron chi connectivity index (χ1n) is 16.2. The second kappa shape index (κ2) is 25.1. The quantitative estimate of drug-likeness (QED) is 0.142. The molecule has 8 unspecified atom stereocenters. The first-order valence-corrected chi connectivity index (χ1v) is 16.2. The van der Waals surface area contributed by atoms with E-state index in [1.807, 2.05) is 12.2 Å². The maximum Gasteiger partial charge on any atom is 0.508 e. The van der Waals surface area contributed by atoms with Crippen LogP contribution in [-0.2, 0) is 113 Å². The maximum absolute atomic E-state index is 12.4. The summed E-state index contributed by atoms with van der Waals surface area (Å²) in [7, 11) is 2.42. The third-order valence-electron chi connectivity index (χ3n) is 7.96. The van der Waals surface area contributed by atoms with Gasteiger partial charge in [-0.2, -0.15) is 0 Å². The summed E-state index contributed by atoms with van der Waals surface area (Å²) in [5, 5.41) is 20.1. The fourth-order valence-electron chi connectivity index (χ4n) is 5.20. The van der Waals surface area contributed by atoms with E-state index >= 15 is 0 Å². The van der Waals surface area contributed by atoms with E-state index in [1.54, 1.807) is 41.5 Å². The van der Waals surface area contributed by atoms with Gasteiger partial charge in [-0.05, 0) is 91.9 Å². The third-order valence-corrected chi connectivity index (χ3v) is 7.96. The molecule has 2 aliphatic rings. The van der Waals surface area contributed by atoms with Gasteiger partial charge in [0, 0.05) is 65.4 Å². The molecule has 2 fully saturated rings. The van der Waals surface area contributed by atoms with Crippen molar-refractivity contribution in [3.63, 3.8) is 0 Å². The minimum atomic E-state index is -1.24. The van der Waals surface area contributed by atoms with Gasteiger partial charge in [-0.3, -0.25) is 0 Å². The SMILES string of the molecule is C=CC1CCC(O)C(OC(=O)C(C)(C)OC(C)COC(=O)OC)C1.C=CC1CCC(OC(=O)C(C)(C)OC(C)COC(=O)OC)C(O)C1.[Y].[Y]. The summed E-state index contributed by atoms with van der Waals surface area (Å²) in [5.74, 6) is -0.660. The fraction of sp³-hybridized carbons (Fsp3) is 0.765. The molecule has 0 aromatic carbocycles. The zero-order valence-electron chi connectivity index (χ0n) is 30.8. The van der Waals surface area contributed by atoms with Crippen LogP contribution in [0.25, 0.3) is 0 Å². The van der Waals surface area contributed by atoms with Gasteiger partial charge in [0.1, 0.15) is 25.4 Å². The van der Waals surface area contributed by atoms with Gasteiger partial charge in [-0.25, -0.2) is 19.2 Å². The van der Waals surface area contributed by atoms with Gasteiger partial charge in [-0.1, -0.05) is 12.2 Å². The predicted octanol–water partition coefficient (Wildman–Crippen LogP) is 4.42. The third kappa shape index (κ3) is 18.7. The van der Waals surface area contributed by atoms with E-state index in [-0.39, 0.29) is 90.5 Å². The number of methoxy groups -OCH3 is 2. The number of carbonyl (C=O) groups excluding carboxylic acids is 4. The van der Waals surface area contributed by atoms with Crippen molar-refractivity contribution >= 4 is 24.2 Å². The average Bonchev–Trinajstić information content (AvgIpc) is 3.03. The van der Waals surface area contributed by atoms with E-state index in [2.05, 4.69) is 22.6 Å². The molecule has 282 valence electrons. The minimum absolute atomic E-state index is 0. The Labute approximate surface area is 346 Å². The Bertz CT molecular complexity index is 1070. The molecule has 8 atom stereocenters. The van der Waals surface area contributed by atoms with Crippen molar-refractivity contribution in [2.24, 2.45) is 11.8 Å². The van der Waals surface area contributed by atoms with Gasteiger partial charge in [0.05, 0.1) is 38.6 Å². The van der Waals surface area contributed by atoms with Crippen LogP contribution in [-0.4, -0.2) is 110 Å². The number of hydrogen-bond donors (Lipinski definition) is 2. The maximum atomic E-state index is 12.4. The Balaban J connectivity index is 0. The van der Waals surface area contributed by atoms with Crippen LogP contribution in [0.2, 0.25) is 0 Å². The number of aliphatic hydroxyl groups excluding tert-OH is 2. The van der Waals surface area contributed by atoms with Crippen LogP contribution in [0.15, 0.2) is 25.3 Å². The van der Waals surface area contributed by atoms with E-state index in [0.29, 0.717) is 25.7 Å². The summed E-state index contributed by atoms with van der Waals surface area (Å²) in [6, 6.07) is 0. The Hall–Kier alpha value is -0.992. The molecule has 0 amide bonds. The molecule has 50 heavy (non-hydrogen) atoms. The molecular weight excluding hydrogens is 810 g/mol. The number of aliphatic hydroxyl groups is 2. The van der Waals surface area contributed by atoms with Crippen LogP contribution in [0.3, 0.4) is 0 Å². The molecule has 16 heteroatoms. The van der Waals surface area contributed by atoms with Crippen LogP contribution < -0.4 is 0 Å². The van der Waals surface area contributed by atoms with E-state index in [0.717, 1.165) is 12.8 Å². The number of rotatable bonds is 14. The van der Waals surface area contributed by atoms with Crippen molar-refractivity contribution in [3.8, 4) is 0 Å². The molecule has 2 aliphatic carbocycles. The average molecular weight is 867 g/mol. The summed E-state index contributed by atoms with van der Waals surface area (Å²) in [6.45, 7) is 17.0. The predicted molar refractivity (Wildman–Crippen MR) is 173 cm³/mol. The molecule has 2 saturated carbocycles.